The highest BCUT2D eigenvalue weighted by Crippen LogP contribution is 2.06. The number of rotatable bonds is 5. The molecule has 0 atom stereocenters. The third kappa shape index (κ3) is 5.29. The summed E-state index contributed by atoms with van der Waals surface area (Å²) in [5.74, 6) is 0.747. The van der Waals surface area contributed by atoms with Gasteiger partial charge < -0.3 is 14.0 Å². The van der Waals surface area contributed by atoms with Gasteiger partial charge in [0.25, 0.3) is 0 Å². The minimum absolute atomic E-state index is 0.402. The van der Waals surface area contributed by atoms with E-state index < -0.39 is 7.32 Å². The van der Waals surface area contributed by atoms with Gasteiger partial charge in [-0.3, -0.25) is 0 Å². The fraction of sp³-hybridized carbons (Fsp3) is 1.00. The minimum Gasteiger partial charge on any atom is -0.386 e. The van der Waals surface area contributed by atoms with Gasteiger partial charge in [0.15, 0.2) is 0 Å². The van der Waals surface area contributed by atoms with E-state index in [1.54, 1.807) is 0 Å². The van der Waals surface area contributed by atoms with Crippen LogP contribution in [0.1, 0.15) is 33.1 Å². The Labute approximate surface area is 80.9 Å². The lowest BCUT2D eigenvalue weighted by Gasteiger charge is -2.18. The number of hydrogen-bond donors (Lipinski definition) is 0. The molecular weight excluding hydrogens is 167 g/mol. The molecule has 0 aromatic rings. The Kier molecular flexibility index (Phi) is 5.43. The standard InChI is InChI=1S/C9H19BO3/c1-9(2)5-3-6-11-10-12-7-4-8-13-10/h9H,3-8H2,1-2H3. The van der Waals surface area contributed by atoms with Crippen molar-refractivity contribution in [2.24, 2.45) is 5.92 Å². The predicted octanol–water partition coefficient (Wildman–Crippen LogP) is 1.86. The lowest BCUT2D eigenvalue weighted by molar-refractivity contribution is 0.0518. The van der Waals surface area contributed by atoms with Gasteiger partial charge >= 0.3 is 7.32 Å². The van der Waals surface area contributed by atoms with Crippen LogP contribution in [0.5, 0.6) is 0 Å². The van der Waals surface area contributed by atoms with E-state index in [2.05, 4.69) is 13.8 Å². The summed E-state index contributed by atoms with van der Waals surface area (Å²) in [5, 5.41) is 0. The summed E-state index contributed by atoms with van der Waals surface area (Å²) in [4.78, 5) is 0. The molecule has 0 amide bonds. The Balaban J connectivity index is 1.92. The number of hydrogen-bond acceptors (Lipinski definition) is 3. The molecule has 3 nitrogen and oxygen atoms in total. The molecule has 1 fully saturated rings. The van der Waals surface area contributed by atoms with Crippen molar-refractivity contribution in [2.75, 3.05) is 19.8 Å². The Morgan fingerprint density at radius 2 is 2.00 bits per heavy atom. The molecule has 1 heterocycles. The zero-order valence-electron chi connectivity index (χ0n) is 8.62. The van der Waals surface area contributed by atoms with Crippen LogP contribution in [-0.2, 0) is 14.0 Å². The average molecular weight is 186 g/mol. The summed E-state index contributed by atoms with van der Waals surface area (Å²) in [6.07, 6.45) is 3.26. The van der Waals surface area contributed by atoms with E-state index in [1.807, 2.05) is 0 Å². The van der Waals surface area contributed by atoms with Gasteiger partial charge in [0.1, 0.15) is 0 Å². The summed E-state index contributed by atoms with van der Waals surface area (Å²) >= 11 is 0. The molecule has 4 heteroatoms. The Morgan fingerprint density at radius 3 is 2.62 bits per heavy atom. The van der Waals surface area contributed by atoms with E-state index >= 15 is 0 Å². The van der Waals surface area contributed by atoms with Crippen molar-refractivity contribution in [1.82, 2.24) is 0 Å². The molecule has 0 saturated carbocycles. The van der Waals surface area contributed by atoms with Crippen molar-refractivity contribution >= 4 is 7.32 Å². The maximum absolute atomic E-state index is 5.39. The zero-order chi connectivity index (χ0) is 9.52. The lowest BCUT2D eigenvalue weighted by Crippen LogP contribution is -2.33. The molecule has 1 rings (SSSR count). The predicted molar refractivity (Wildman–Crippen MR) is 52.3 cm³/mol. The van der Waals surface area contributed by atoms with Gasteiger partial charge in [-0.25, -0.2) is 0 Å². The van der Waals surface area contributed by atoms with Crippen molar-refractivity contribution in [3.63, 3.8) is 0 Å². The first-order valence-corrected chi connectivity index (χ1v) is 5.14. The summed E-state index contributed by atoms with van der Waals surface area (Å²) in [5.41, 5.74) is 0. The fourth-order valence-electron chi connectivity index (χ4n) is 1.23. The van der Waals surface area contributed by atoms with Gasteiger partial charge in [-0.1, -0.05) is 13.8 Å². The molecule has 76 valence electrons. The molecule has 0 unspecified atom stereocenters. The highest BCUT2D eigenvalue weighted by Gasteiger charge is 2.23. The van der Waals surface area contributed by atoms with Gasteiger partial charge in [-0.05, 0) is 25.2 Å². The summed E-state index contributed by atoms with van der Waals surface area (Å²) in [6.45, 7) is 6.69. The van der Waals surface area contributed by atoms with Crippen molar-refractivity contribution in [2.45, 2.75) is 33.1 Å². The van der Waals surface area contributed by atoms with Crippen molar-refractivity contribution in [3.05, 3.63) is 0 Å². The minimum atomic E-state index is -0.402. The summed E-state index contributed by atoms with van der Waals surface area (Å²) in [6, 6.07) is 0. The first kappa shape index (κ1) is 11.0. The molecule has 1 saturated heterocycles. The van der Waals surface area contributed by atoms with E-state index in [4.69, 9.17) is 14.0 Å². The monoisotopic (exact) mass is 186 g/mol. The van der Waals surface area contributed by atoms with Crippen LogP contribution in [0.2, 0.25) is 0 Å². The van der Waals surface area contributed by atoms with Gasteiger partial charge in [0.05, 0.1) is 0 Å². The third-order valence-corrected chi connectivity index (χ3v) is 1.98. The van der Waals surface area contributed by atoms with Crippen molar-refractivity contribution < 1.29 is 14.0 Å². The smallest absolute Gasteiger partial charge is 0.386 e. The van der Waals surface area contributed by atoms with Crippen LogP contribution >= 0.6 is 0 Å². The van der Waals surface area contributed by atoms with Gasteiger partial charge in [0, 0.05) is 19.8 Å². The maximum Gasteiger partial charge on any atom is 0.639 e. The zero-order valence-corrected chi connectivity index (χ0v) is 8.62. The molecule has 0 aromatic heterocycles. The first-order chi connectivity index (χ1) is 6.29. The van der Waals surface area contributed by atoms with E-state index in [9.17, 15) is 0 Å². The fourth-order valence-corrected chi connectivity index (χ4v) is 1.23. The molecule has 1 aliphatic heterocycles. The van der Waals surface area contributed by atoms with E-state index in [0.29, 0.717) is 0 Å². The van der Waals surface area contributed by atoms with Gasteiger partial charge in [0.2, 0.25) is 0 Å². The second kappa shape index (κ2) is 6.41. The highest BCUT2D eigenvalue weighted by atomic mass is 16.7. The van der Waals surface area contributed by atoms with Crippen molar-refractivity contribution in [3.8, 4) is 0 Å². The topological polar surface area (TPSA) is 27.7 Å². The van der Waals surface area contributed by atoms with Crippen LogP contribution in [0.15, 0.2) is 0 Å². The quantitative estimate of drug-likeness (QED) is 0.484. The van der Waals surface area contributed by atoms with Crippen LogP contribution < -0.4 is 0 Å². The third-order valence-electron chi connectivity index (χ3n) is 1.98. The van der Waals surface area contributed by atoms with Gasteiger partial charge in [-0.15, -0.1) is 0 Å². The van der Waals surface area contributed by atoms with Crippen LogP contribution in [0.3, 0.4) is 0 Å². The first-order valence-electron chi connectivity index (χ1n) is 5.14. The second-order valence-corrected chi connectivity index (χ2v) is 3.79. The van der Waals surface area contributed by atoms with Crippen LogP contribution in [-0.4, -0.2) is 27.1 Å². The molecule has 13 heavy (non-hydrogen) atoms. The normalized spacial score (nSPS) is 18.2. The van der Waals surface area contributed by atoms with Crippen LogP contribution in [0.25, 0.3) is 0 Å². The molecule has 0 radical (unpaired) electrons. The SMILES string of the molecule is CC(C)CCCOB1OCCCO1. The molecule has 0 aliphatic carbocycles. The Hall–Kier alpha value is -0.0551. The summed E-state index contributed by atoms with van der Waals surface area (Å²) in [7, 11) is -0.402. The van der Waals surface area contributed by atoms with Crippen LogP contribution in [0.4, 0.5) is 0 Å². The Morgan fingerprint density at radius 1 is 1.31 bits per heavy atom. The lowest BCUT2D eigenvalue weighted by atomic mass is 10.1. The molecule has 1 aliphatic rings. The molecule has 0 aromatic carbocycles. The summed E-state index contributed by atoms with van der Waals surface area (Å²) < 4.78 is 15.9. The molecule has 0 spiro atoms. The van der Waals surface area contributed by atoms with E-state index in [-0.39, 0.29) is 0 Å². The molecule has 0 N–H and O–H groups in total. The highest BCUT2D eigenvalue weighted by molar-refractivity contribution is 6.36. The average Bonchev–Trinajstić information content (AvgIpc) is 2.14. The Bertz CT molecular complexity index is 124. The largest absolute Gasteiger partial charge is 0.639 e. The van der Waals surface area contributed by atoms with Gasteiger partial charge in [-0.2, -0.15) is 0 Å². The van der Waals surface area contributed by atoms with Crippen molar-refractivity contribution in [1.29, 1.82) is 0 Å². The second-order valence-electron chi connectivity index (χ2n) is 3.79. The molecule has 0 bridgehead atoms. The van der Waals surface area contributed by atoms with E-state index in [1.165, 1.54) is 6.42 Å². The molecular formula is C9H19BO3. The maximum atomic E-state index is 5.39. The van der Waals surface area contributed by atoms with E-state index in [0.717, 1.165) is 38.6 Å². The van der Waals surface area contributed by atoms with Crippen LogP contribution in [0, 0.1) is 5.92 Å².